The monoisotopic (exact) mass is 259 g/mol. The molecule has 0 radical (unpaired) electrons. The SMILES string of the molecule is CCCNC(=O)C(C#N)Cc1ccc(N(C)C)cc1. The Bertz CT molecular complexity index is 445. The van der Waals surface area contributed by atoms with Crippen LogP contribution in [0.1, 0.15) is 18.9 Å². The van der Waals surface area contributed by atoms with Gasteiger partial charge in [-0.05, 0) is 30.5 Å². The maximum atomic E-state index is 11.8. The topological polar surface area (TPSA) is 56.1 Å². The summed E-state index contributed by atoms with van der Waals surface area (Å²) in [5.41, 5.74) is 2.11. The first-order valence-electron chi connectivity index (χ1n) is 6.52. The van der Waals surface area contributed by atoms with Crippen molar-refractivity contribution in [2.24, 2.45) is 5.92 Å². The second-order valence-electron chi connectivity index (χ2n) is 4.74. The first-order chi connectivity index (χ1) is 9.08. The van der Waals surface area contributed by atoms with Crippen molar-refractivity contribution in [3.63, 3.8) is 0 Å². The lowest BCUT2D eigenvalue weighted by Crippen LogP contribution is -2.31. The molecule has 1 atom stereocenters. The van der Waals surface area contributed by atoms with Gasteiger partial charge in [0.25, 0.3) is 0 Å². The van der Waals surface area contributed by atoms with Gasteiger partial charge >= 0.3 is 0 Å². The molecule has 0 saturated heterocycles. The van der Waals surface area contributed by atoms with Crippen LogP contribution in [0.5, 0.6) is 0 Å². The minimum atomic E-state index is -0.614. The van der Waals surface area contributed by atoms with Crippen molar-refractivity contribution >= 4 is 11.6 Å². The number of amides is 1. The molecule has 0 aliphatic carbocycles. The number of nitriles is 1. The largest absolute Gasteiger partial charge is 0.378 e. The highest BCUT2D eigenvalue weighted by Gasteiger charge is 2.17. The van der Waals surface area contributed by atoms with Gasteiger partial charge in [0.15, 0.2) is 0 Å². The molecule has 1 rings (SSSR count). The molecule has 0 fully saturated rings. The van der Waals surface area contributed by atoms with E-state index in [-0.39, 0.29) is 5.91 Å². The Balaban J connectivity index is 2.66. The van der Waals surface area contributed by atoms with E-state index < -0.39 is 5.92 Å². The van der Waals surface area contributed by atoms with Crippen molar-refractivity contribution in [2.75, 3.05) is 25.5 Å². The summed E-state index contributed by atoms with van der Waals surface area (Å²) in [5, 5.41) is 11.8. The number of nitrogens with one attached hydrogen (secondary N) is 1. The molecule has 1 aromatic carbocycles. The lowest BCUT2D eigenvalue weighted by Gasteiger charge is -2.14. The number of carbonyl (C=O) groups is 1. The lowest BCUT2D eigenvalue weighted by atomic mass is 9.99. The summed E-state index contributed by atoms with van der Waals surface area (Å²) in [5.74, 6) is -0.794. The van der Waals surface area contributed by atoms with Crippen molar-refractivity contribution in [3.8, 4) is 6.07 Å². The third kappa shape index (κ3) is 4.63. The van der Waals surface area contributed by atoms with Crippen molar-refractivity contribution in [3.05, 3.63) is 29.8 Å². The van der Waals surface area contributed by atoms with Crippen LogP contribution in [0.4, 0.5) is 5.69 Å². The Hall–Kier alpha value is -2.02. The molecule has 102 valence electrons. The Labute approximate surface area is 115 Å². The molecule has 4 heteroatoms. The summed E-state index contributed by atoms with van der Waals surface area (Å²) < 4.78 is 0. The zero-order valence-electron chi connectivity index (χ0n) is 11.8. The maximum absolute atomic E-state index is 11.8. The van der Waals surface area contributed by atoms with Crippen LogP contribution in [-0.4, -0.2) is 26.5 Å². The van der Waals surface area contributed by atoms with Gasteiger partial charge < -0.3 is 10.2 Å². The Kier molecular flexibility index (Phi) is 5.87. The molecule has 1 N–H and O–H groups in total. The van der Waals surface area contributed by atoms with Gasteiger partial charge in [-0.2, -0.15) is 5.26 Å². The van der Waals surface area contributed by atoms with E-state index in [0.29, 0.717) is 13.0 Å². The Morgan fingerprint density at radius 3 is 2.47 bits per heavy atom. The number of rotatable bonds is 6. The van der Waals surface area contributed by atoms with Crippen LogP contribution in [0.3, 0.4) is 0 Å². The number of carbonyl (C=O) groups excluding carboxylic acids is 1. The van der Waals surface area contributed by atoms with E-state index in [0.717, 1.165) is 17.7 Å². The van der Waals surface area contributed by atoms with Crippen LogP contribution >= 0.6 is 0 Å². The van der Waals surface area contributed by atoms with Gasteiger partial charge in [-0.1, -0.05) is 19.1 Å². The van der Waals surface area contributed by atoms with Gasteiger partial charge in [0.05, 0.1) is 6.07 Å². The third-order valence-electron chi connectivity index (χ3n) is 2.91. The van der Waals surface area contributed by atoms with E-state index >= 15 is 0 Å². The van der Waals surface area contributed by atoms with Gasteiger partial charge in [-0.25, -0.2) is 0 Å². The molecule has 0 spiro atoms. The highest BCUT2D eigenvalue weighted by molar-refractivity contribution is 5.81. The predicted octanol–water partition coefficient (Wildman–Crippen LogP) is 1.96. The summed E-state index contributed by atoms with van der Waals surface area (Å²) >= 11 is 0. The molecule has 0 aromatic heterocycles. The summed E-state index contributed by atoms with van der Waals surface area (Å²) in [6, 6.07) is 9.99. The number of benzene rings is 1. The molecular formula is C15H21N3O. The molecule has 1 unspecified atom stereocenters. The van der Waals surface area contributed by atoms with Crippen molar-refractivity contribution < 1.29 is 4.79 Å². The number of hydrogen-bond acceptors (Lipinski definition) is 3. The average Bonchev–Trinajstić information content (AvgIpc) is 2.42. The van der Waals surface area contributed by atoms with Crippen molar-refractivity contribution in [1.82, 2.24) is 5.32 Å². The first kappa shape index (κ1) is 15.0. The van der Waals surface area contributed by atoms with Gasteiger partial charge in [0.2, 0.25) is 5.91 Å². The zero-order chi connectivity index (χ0) is 14.3. The first-order valence-corrected chi connectivity index (χ1v) is 6.52. The lowest BCUT2D eigenvalue weighted by molar-refractivity contribution is -0.123. The summed E-state index contributed by atoms with van der Waals surface area (Å²) in [6.07, 6.45) is 1.33. The quantitative estimate of drug-likeness (QED) is 0.849. The molecular weight excluding hydrogens is 238 g/mol. The summed E-state index contributed by atoms with van der Waals surface area (Å²) in [6.45, 7) is 2.61. The number of hydrogen-bond donors (Lipinski definition) is 1. The van der Waals surface area contributed by atoms with Gasteiger partial charge in [0.1, 0.15) is 5.92 Å². The molecule has 0 heterocycles. The molecule has 0 aliphatic heterocycles. The normalized spacial score (nSPS) is 11.5. The molecule has 0 saturated carbocycles. The van der Waals surface area contributed by atoms with E-state index in [1.54, 1.807) is 0 Å². The standard InChI is InChI=1S/C15H21N3O/c1-4-9-17-15(19)13(11-16)10-12-5-7-14(8-6-12)18(2)3/h5-8,13H,4,9-10H2,1-3H3,(H,17,19). The summed E-state index contributed by atoms with van der Waals surface area (Å²) in [7, 11) is 3.95. The second-order valence-corrected chi connectivity index (χ2v) is 4.74. The minimum Gasteiger partial charge on any atom is -0.378 e. The molecule has 0 bridgehead atoms. The molecule has 4 nitrogen and oxygen atoms in total. The fraction of sp³-hybridized carbons (Fsp3) is 0.467. The second kappa shape index (κ2) is 7.42. The smallest absolute Gasteiger partial charge is 0.237 e. The molecule has 19 heavy (non-hydrogen) atoms. The minimum absolute atomic E-state index is 0.180. The molecule has 1 amide bonds. The Morgan fingerprint density at radius 1 is 1.37 bits per heavy atom. The fourth-order valence-corrected chi connectivity index (χ4v) is 1.73. The van der Waals surface area contributed by atoms with Crippen LogP contribution < -0.4 is 10.2 Å². The van der Waals surface area contributed by atoms with Gasteiger partial charge in [-0.3, -0.25) is 4.79 Å². The van der Waals surface area contributed by atoms with E-state index in [1.165, 1.54) is 0 Å². The van der Waals surface area contributed by atoms with E-state index in [1.807, 2.05) is 50.2 Å². The van der Waals surface area contributed by atoms with Crippen LogP contribution in [-0.2, 0) is 11.2 Å². The maximum Gasteiger partial charge on any atom is 0.237 e. The molecule has 0 aliphatic rings. The van der Waals surface area contributed by atoms with E-state index in [4.69, 9.17) is 5.26 Å². The number of nitrogens with zero attached hydrogens (tertiary/aromatic N) is 2. The van der Waals surface area contributed by atoms with Gasteiger partial charge in [-0.15, -0.1) is 0 Å². The van der Waals surface area contributed by atoms with Crippen LogP contribution in [0.15, 0.2) is 24.3 Å². The van der Waals surface area contributed by atoms with Crippen LogP contribution in [0.2, 0.25) is 0 Å². The molecule has 1 aromatic rings. The van der Waals surface area contributed by atoms with Gasteiger partial charge in [0, 0.05) is 26.3 Å². The highest BCUT2D eigenvalue weighted by atomic mass is 16.1. The average molecular weight is 259 g/mol. The van der Waals surface area contributed by atoms with E-state index in [2.05, 4.69) is 11.4 Å². The van der Waals surface area contributed by atoms with E-state index in [9.17, 15) is 4.79 Å². The predicted molar refractivity (Wildman–Crippen MR) is 76.9 cm³/mol. The van der Waals surface area contributed by atoms with Crippen LogP contribution in [0, 0.1) is 17.2 Å². The number of anilines is 1. The zero-order valence-corrected chi connectivity index (χ0v) is 11.8. The van der Waals surface area contributed by atoms with Crippen LogP contribution in [0.25, 0.3) is 0 Å². The Morgan fingerprint density at radius 2 is 2.00 bits per heavy atom. The fourth-order valence-electron chi connectivity index (χ4n) is 1.73. The summed E-state index contributed by atoms with van der Waals surface area (Å²) in [4.78, 5) is 13.8. The third-order valence-corrected chi connectivity index (χ3v) is 2.91. The highest BCUT2D eigenvalue weighted by Crippen LogP contribution is 2.15. The van der Waals surface area contributed by atoms with Crippen molar-refractivity contribution in [2.45, 2.75) is 19.8 Å². The van der Waals surface area contributed by atoms with Crippen molar-refractivity contribution in [1.29, 1.82) is 5.26 Å².